The Kier molecular flexibility index (Phi) is 4.03. The van der Waals surface area contributed by atoms with Crippen molar-refractivity contribution in [3.63, 3.8) is 0 Å². The van der Waals surface area contributed by atoms with E-state index in [4.69, 9.17) is 16.2 Å². The van der Waals surface area contributed by atoms with Crippen LogP contribution in [0.3, 0.4) is 0 Å². The number of nitrogens with two attached hydrogens (primary N) is 2. The number of carbonyl (C=O) groups is 1. The monoisotopic (exact) mass is 256 g/mol. The highest BCUT2D eigenvalue weighted by Gasteiger charge is 2.08. The second-order valence-electron chi connectivity index (χ2n) is 4.26. The van der Waals surface area contributed by atoms with Crippen molar-refractivity contribution < 1.29 is 9.53 Å². The van der Waals surface area contributed by atoms with Crippen molar-refractivity contribution in [2.45, 2.75) is 6.42 Å². The van der Waals surface area contributed by atoms with Crippen molar-refractivity contribution in [3.05, 3.63) is 59.7 Å². The fourth-order valence-electron chi connectivity index (χ4n) is 1.78. The summed E-state index contributed by atoms with van der Waals surface area (Å²) < 4.78 is 5.19. The maximum absolute atomic E-state index is 11.8. The molecule has 2 rings (SSSR count). The average molecular weight is 256 g/mol. The van der Waals surface area contributed by atoms with Crippen LogP contribution in [0.15, 0.2) is 48.5 Å². The van der Waals surface area contributed by atoms with Gasteiger partial charge in [-0.3, -0.25) is 0 Å². The maximum Gasteiger partial charge on any atom is 0.338 e. The molecule has 4 nitrogen and oxygen atoms in total. The molecule has 0 radical (unpaired) electrons. The molecule has 0 aliphatic rings. The Bertz CT molecular complexity index is 547. The van der Waals surface area contributed by atoms with Crippen LogP contribution in [0.1, 0.15) is 15.9 Å². The minimum Gasteiger partial charge on any atom is -0.462 e. The summed E-state index contributed by atoms with van der Waals surface area (Å²) in [7, 11) is 0. The van der Waals surface area contributed by atoms with E-state index in [1.165, 1.54) is 0 Å². The fraction of sp³-hybridized carbons (Fsp3) is 0.133. The Labute approximate surface area is 112 Å². The number of rotatable bonds is 4. The molecule has 0 aliphatic carbocycles. The van der Waals surface area contributed by atoms with Gasteiger partial charge in [0.25, 0.3) is 0 Å². The molecule has 0 heterocycles. The van der Waals surface area contributed by atoms with Gasteiger partial charge >= 0.3 is 5.97 Å². The van der Waals surface area contributed by atoms with Gasteiger partial charge in [0.15, 0.2) is 0 Å². The first-order valence-electron chi connectivity index (χ1n) is 6.02. The van der Waals surface area contributed by atoms with Crippen LogP contribution < -0.4 is 11.5 Å². The zero-order valence-electron chi connectivity index (χ0n) is 10.5. The summed E-state index contributed by atoms with van der Waals surface area (Å²) in [5.74, 6) is -0.407. The van der Waals surface area contributed by atoms with E-state index in [-0.39, 0.29) is 0 Å². The molecular formula is C15H16N2O2. The minimum absolute atomic E-state index is 0.331. The molecule has 0 amide bonds. The van der Waals surface area contributed by atoms with Gasteiger partial charge in [-0.25, -0.2) is 4.79 Å². The molecular weight excluding hydrogens is 240 g/mol. The normalized spacial score (nSPS) is 10.1. The number of hydrogen-bond donors (Lipinski definition) is 2. The third-order valence-electron chi connectivity index (χ3n) is 2.68. The molecule has 0 bridgehead atoms. The second-order valence-corrected chi connectivity index (χ2v) is 4.26. The van der Waals surface area contributed by atoms with Gasteiger partial charge in [0.1, 0.15) is 0 Å². The number of ether oxygens (including phenoxy) is 1. The summed E-state index contributed by atoms with van der Waals surface area (Å²) in [5, 5.41) is 0. The standard InChI is InChI=1S/C15H16N2O2/c16-13-8-12(9-14(17)10-13)15(18)19-7-6-11-4-2-1-3-5-11/h1-5,8-10H,6-7,16-17H2. The smallest absolute Gasteiger partial charge is 0.338 e. The average Bonchev–Trinajstić information content (AvgIpc) is 2.38. The Hall–Kier alpha value is -2.49. The summed E-state index contributed by atoms with van der Waals surface area (Å²) in [5.41, 5.74) is 13.7. The molecule has 0 aromatic heterocycles. The quantitative estimate of drug-likeness (QED) is 0.649. The molecule has 19 heavy (non-hydrogen) atoms. The van der Waals surface area contributed by atoms with Crippen molar-refractivity contribution in [3.8, 4) is 0 Å². The SMILES string of the molecule is Nc1cc(N)cc(C(=O)OCCc2ccccc2)c1. The Morgan fingerprint density at radius 1 is 1.00 bits per heavy atom. The zero-order chi connectivity index (χ0) is 13.7. The van der Waals surface area contributed by atoms with E-state index in [2.05, 4.69) is 0 Å². The first-order chi connectivity index (χ1) is 9.15. The molecule has 0 fully saturated rings. The van der Waals surface area contributed by atoms with Gasteiger partial charge in [-0.15, -0.1) is 0 Å². The predicted octanol–water partition coefficient (Wildman–Crippen LogP) is 2.25. The maximum atomic E-state index is 11.8. The largest absolute Gasteiger partial charge is 0.462 e. The molecule has 0 atom stereocenters. The summed E-state index contributed by atoms with van der Waals surface area (Å²) in [6.45, 7) is 0.331. The van der Waals surface area contributed by atoms with Crippen LogP contribution in [0.2, 0.25) is 0 Å². The molecule has 2 aromatic rings. The van der Waals surface area contributed by atoms with E-state index in [0.717, 1.165) is 5.56 Å². The second kappa shape index (κ2) is 5.91. The third-order valence-corrected chi connectivity index (χ3v) is 2.68. The fourth-order valence-corrected chi connectivity index (χ4v) is 1.78. The number of carbonyl (C=O) groups excluding carboxylic acids is 1. The lowest BCUT2D eigenvalue weighted by molar-refractivity contribution is 0.0509. The van der Waals surface area contributed by atoms with Gasteiger partial charge < -0.3 is 16.2 Å². The van der Waals surface area contributed by atoms with Gasteiger partial charge in [0.05, 0.1) is 12.2 Å². The van der Waals surface area contributed by atoms with Crippen molar-refractivity contribution in [1.29, 1.82) is 0 Å². The number of nitrogen functional groups attached to an aromatic ring is 2. The van der Waals surface area contributed by atoms with Gasteiger partial charge in [-0.05, 0) is 23.8 Å². The van der Waals surface area contributed by atoms with Crippen molar-refractivity contribution in [2.75, 3.05) is 18.1 Å². The van der Waals surface area contributed by atoms with Gasteiger partial charge in [0.2, 0.25) is 0 Å². The highest BCUT2D eigenvalue weighted by atomic mass is 16.5. The van der Waals surface area contributed by atoms with Gasteiger partial charge in [-0.1, -0.05) is 30.3 Å². The number of benzene rings is 2. The van der Waals surface area contributed by atoms with Crippen molar-refractivity contribution >= 4 is 17.3 Å². The molecule has 4 heteroatoms. The molecule has 0 aliphatic heterocycles. The third kappa shape index (κ3) is 3.74. The first kappa shape index (κ1) is 13.0. The minimum atomic E-state index is -0.407. The van der Waals surface area contributed by atoms with Crippen LogP contribution >= 0.6 is 0 Å². The summed E-state index contributed by atoms with van der Waals surface area (Å²) in [6, 6.07) is 14.6. The topological polar surface area (TPSA) is 78.3 Å². The zero-order valence-corrected chi connectivity index (χ0v) is 10.5. The lowest BCUT2D eigenvalue weighted by Gasteiger charge is -2.06. The lowest BCUT2D eigenvalue weighted by Crippen LogP contribution is -2.09. The Balaban J connectivity index is 1.91. The van der Waals surface area contributed by atoms with Crippen LogP contribution in [0, 0.1) is 0 Å². The van der Waals surface area contributed by atoms with Crippen molar-refractivity contribution in [2.24, 2.45) is 0 Å². The van der Waals surface area contributed by atoms with Crippen LogP contribution in [0.5, 0.6) is 0 Å². The summed E-state index contributed by atoms with van der Waals surface area (Å²) in [6.07, 6.45) is 0.685. The van der Waals surface area contributed by atoms with Crippen molar-refractivity contribution in [1.82, 2.24) is 0 Å². The van der Waals surface area contributed by atoms with Crippen LogP contribution in [-0.2, 0) is 11.2 Å². The first-order valence-corrected chi connectivity index (χ1v) is 6.02. The predicted molar refractivity (Wildman–Crippen MR) is 75.7 cm³/mol. The highest BCUT2D eigenvalue weighted by Crippen LogP contribution is 2.14. The molecule has 98 valence electrons. The summed E-state index contributed by atoms with van der Waals surface area (Å²) in [4.78, 5) is 11.8. The van der Waals surface area contributed by atoms with E-state index < -0.39 is 5.97 Å². The van der Waals surface area contributed by atoms with Gasteiger partial charge in [-0.2, -0.15) is 0 Å². The van der Waals surface area contributed by atoms with E-state index in [1.807, 2.05) is 30.3 Å². The van der Waals surface area contributed by atoms with E-state index in [0.29, 0.717) is 30.0 Å². The Morgan fingerprint density at radius 2 is 1.63 bits per heavy atom. The number of anilines is 2. The molecule has 0 saturated heterocycles. The van der Waals surface area contributed by atoms with Gasteiger partial charge in [0, 0.05) is 17.8 Å². The molecule has 0 saturated carbocycles. The molecule has 2 aromatic carbocycles. The molecule has 4 N–H and O–H groups in total. The van der Waals surface area contributed by atoms with Crippen LogP contribution in [0.25, 0.3) is 0 Å². The molecule has 0 unspecified atom stereocenters. The number of hydrogen-bond acceptors (Lipinski definition) is 4. The lowest BCUT2D eigenvalue weighted by atomic mass is 10.1. The highest BCUT2D eigenvalue weighted by molar-refractivity contribution is 5.91. The summed E-state index contributed by atoms with van der Waals surface area (Å²) >= 11 is 0. The van der Waals surface area contributed by atoms with E-state index >= 15 is 0 Å². The molecule has 0 spiro atoms. The Morgan fingerprint density at radius 3 is 2.26 bits per heavy atom. The van der Waals surface area contributed by atoms with E-state index in [9.17, 15) is 4.79 Å². The van der Waals surface area contributed by atoms with Crippen LogP contribution in [-0.4, -0.2) is 12.6 Å². The van der Waals surface area contributed by atoms with Crippen LogP contribution in [0.4, 0.5) is 11.4 Å². The van der Waals surface area contributed by atoms with E-state index in [1.54, 1.807) is 18.2 Å². The number of esters is 1.